The third kappa shape index (κ3) is 3.95. The highest BCUT2D eigenvalue weighted by atomic mass is 16.5. The van der Waals surface area contributed by atoms with E-state index < -0.39 is 0 Å². The molecule has 20 heavy (non-hydrogen) atoms. The maximum atomic E-state index is 11.9. The van der Waals surface area contributed by atoms with Crippen molar-refractivity contribution in [3.8, 4) is 5.75 Å². The third-order valence-corrected chi connectivity index (χ3v) is 2.54. The molecule has 0 amide bonds. The Labute approximate surface area is 118 Å². The maximum absolute atomic E-state index is 11.9. The first-order valence-electron chi connectivity index (χ1n) is 6.24. The zero-order valence-corrected chi connectivity index (χ0v) is 11.5. The average Bonchev–Trinajstić information content (AvgIpc) is 2.47. The van der Waals surface area contributed by atoms with Gasteiger partial charge in [-0.2, -0.15) is 5.10 Å². The van der Waals surface area contributed by atoms with Crippen LogP contribution in [0.1, 0.15) is 15.9 Å². The van der Waals surface area contributed by atoms with Gasteiger partial charge in [0, 0.05) is 14.1 Å². The molecule has 0 bridgehead atoms. The molecule has 0 saturated carbocycles. The van der Waals surface area contributed by atoms with E-state index in [0.29, 0.717) is 11.3 Å². The zero-order chi connectivity index (χ0) is 14.4. The van der Waals surface area contributed by atoms with Gasteiger partial charge in [-0.1, -0.05) is 18.2 Å². The van der Waals surface area contributed by atoms with Crippen LogP contribution in [0.3, 0.4) is 0 Å². The van der Waals surface area contributed by atoms with E-state index >= 15 is 0 Å². The van der Waals surface area contributed by atoms with Gasteiger partial charge < -0.3 is 9.75 Å². The summed E-state index contributed by atoms with van der Waals surface area (Å²) in [5, 5.41) is 5.85. The molecule has 0 atom stereocenters. The highest BCUT2D eigenvalue weighted by Gasteiger charge is 2.07. The summed E-state index contributed by atoms with van der Waals surface area (Å²) in [6.45, 7) is 0. The average molecular weight is 268 g/mol. The fraction of sp³-hybridized carbons (Fsp3) is 0.125. The van der Waals surface area contributed by atoms with Crippen LogP contribution in [0, 0.1) is 0 Å². The summed E-state index contributed by atoms with van der Waals surface area (Å²) in [6.07, 6.45) is 1.74. The van der Waals surface area contributed by atoms with Crippen LogP contribution in [-0.4, -0.2) is 31.3 Å². The van der Waals surface area contributed by atoms with Crippen LogP contribution in [0.2, 0.25) is 0 Å². The first-order chi connectivity index (χ1) is 9.65. The third-order valence-electron chi connectivity index (χ3n) is 2.54. The van der Waals surface area contributed by atoms with Gasteiger partial charge in [-0.05, 0) is 42.0 Å². The first-order valence-corrected chi connectivity index (χ1v) is 6.24. The Morgan fingerprint density at radius 1 is 1.05 bits per heavy atom. The molecule has 0 aliphatic rings. The monoisotopic (exact) mass is 268 g/mol. The molecule has 2 aromatic carbocycles. The minimum atomic E-state index is -0.361. The number of carbonyl (C=O) groups is 1. The van der Waals surface area contributed by atoms with Gasteiger partial charge >= 0.3 is 5.97 Å². The van der Waals surface area contributed by atoms with Crippen LogP contribution in [0.5, 0.6) is 5.75 Å². The van der Waals surface area contributed by atoms with Crippen molar-refractivity contribution in [1.29, 1.82) is 0 Å². The first kappa shape index (κ1) is 13.8. The van der Waals surface area contributed by atoms with Crippen molar-refractivity contribution in [2.75, 3.05) is 14.1 Å². The second-order valence-corrected chi connectivity index (χ2v) is 4.42. The van der Waals surface area contributed by atoms with Gasteiger partial charge in [-0.25, -0.2) is 4.79 Å². The summed E-state index contributed by atoms with van der Waals surface area (Å²) in [5.41, 5.74) is 1.48. The Bertz CT molecular complexity index is 590. The van der Waals surface area contributed by atoms with E-state index in [4.69, 9.17) is 4.74 Å². The highest BCUT2D eigenvalue weighted by molar-refractivity contribution is 5.91. The number of rotatable bonds is 4. The fourth-order valence-corrected chi connectivity index (χ4v) is 1.54. The number of nitrogens with zero attached hydrogens (tertiary/aromatic N) is 2. The molecule has 0 aromatic heterocycles. The minimum absolute atomic E-state index is 0.361. The van der Waals surface area contributed by atoms with Crippen molar-refractivity contribution >= 4 is 12.2 Å². The highest BCUT2D eigenvalue weighted by Crippen LogP contribution is 2.13. The lowest BCUT2D eigenvalue weighted by Crippen LogP contribution is -2.08. The molecule has 0 heterocycles. The van der Waals surface area contributed by atoms with Crippen molar-refractivity contribution in [2.24, 2.45) is 5.10 Å². The van der Waals surface area contributed by atoms with E-state index in [1.807, 2.05) is 32.3 Å². The Balaban J connectivity index is 2.02. The molecular weight excluding hydrogens is 252 g/mol. The van der Waals surface area contributed by atoms with Crippen molar-refractivity contribution in [2.45, 2.75) is 0 Å². The standard InChI is InChI=1S/C16H16N2O2/c1-18(2)17-12-13-8-10-15(11-9-13)20-16(19)14-6-4-3-5-7-14/h3-12H,1-2H3. The molecule has 0 saturated heterocycles. The smallest absolute Gasteiger partial charge is 0.343 e. The fourth-order valence-electron chi connectivity index (χ4n) is 1.54. The van der Waals surface area contributed by atoms with Gasteiger partial charge in [-0.3, -0.25) is 0 Å². The van der Waals surface area contributed by atoms with Gasteiger partial charge in [-0.15, -0.1) is 0 Å². The van der Waals surface area contributed by atoms with Crippen LogP contribution in [-0.2, 0) is 0 Å². The van der Waals surface area contributed by atoms with Gasteiger partial charge in [0.05, 0.1) is 11.8 Å². The largest absolute Gasteiger partial charge is 0.423 e. The van der Waals surface area contributed by atoms with E-state index in [-0.39, 0.29) is 5.97 Å². The van der Waals surface area contributed by atoms with Gasteiger partial charge in [0.25, 0.3) is 0 Å². The molecule has 4 nitrogen and oxygen atoms in total. The van der Waals surface area contributed by atoms with E-state index in [1.54, 1.807) is 47.6 Å². The predicted molar refractivity (Wildman–Crippen MR) is 79.1 cm³/mol. The summed E-state index contributed by atoms with van der Waals surface area (Å²) in [7, 11) is 3.71. The zero-order valence-electron chi connectivity index (χ0n) is 11.5. The number of esters is 1. The maximum Gasteiger partial charge on any atom is 0.343 e. The summed E-state index contributed by atoms with van der Waals surface area (Å²) in [4.78, 5) is 11.9. The second-order valence-electron chi connectivity index (χ2n) is 4.42. The Morgan fingerprint density at radius 3 is 2.30 bits per heavy atom. The summed E-state index contributed by atoms with van der Waals surface area (Å²) < 4.78 is 5.29. The Hall–Kier alpha value is -2.62. The van der Waals surface area contributed by atoms with Crippen molar-refractivity contribution < 1.29 is 9.53 Å². The van der Waals surface area contributed by atoms with Gasteiger partial charge in [0.15, 0.2) is 0 Å². The molecule has 0 aliphatic carbocycles. The molecule has 0 unspecified atom stereocenters. The normalized spacial score (nSPS) is 10.5. The molecule has 0 aliphatic heterocycles. The van der Waals surface area contributed by atoms with Crippen LogP contribution >= 0.6 is 0 Å². The number of ether oxygens (including phenoxy) is 1. The molecule has 4 heteroatoms. The molecular formula is C16H16N2O2. The topological polar surface area (TPSA) is 41.9 Å². The quantitative estimate of drug-likeness (QED) is 0.370. The van der Waals surface area contributed by atoms with Crippen LogP contribution in [0.15, 0.2) is 59.7 Å². The number of hydrogen-bond donors (Lipinski definition) is 0. The molecule has 0 fully saturated rings. The summed E-state index contributed by atoms with van der Waals surface area (Å²) in [5.74, 6) is 0.154. The summed E-state index contributed by atoms with van der Waals surface area (Å²) >= 11 is 0. The van der Waals surface area contributed by atoms with E-state index in [2.05, 4.69) is 5.10 Å². The van der Waals surface area contributed by atoms with Crippen molar-refractivity contribution in [3.05, 3.63) is 65.7 Å². The number of hydrogen-bond acceptors (Lipinski definition) is 4. The molecule has 2 aromatic rings. The van der Waals surface area contributed by atoms with Gasteiger partial charge in [0.1, 0.15) is 5.75 Å². The molecule has 0 spiro atoms. The molecule has 102 valence electrons. The van der Waals surface area contributed by atoms with Crippen molar-refractivity contribution in [3.63, 3.8) is 0 Å². The SMILES string of the molecule is CN(C)N=Cc1ccc(OC(=O)c2ccccc2)cc1. The molecule has 0 N–H and O–H groups in total. The van der Waals surface area contributed by atoms with Crippen LogP contribution in [0.25, 0.3) is 0 Å². The Kier molecular flexibility index (Phi) is 4.50. The molecule has 0 radical (unpaired) electrons. The lowest BCUT2D eigenvalue weighted by Gasteiger charge is -2.05. The molecule has 2 rings (SSSR count). The van der Waals surface area contributed by atoms with Crippen molar-refractivity contribution in [1.82, 2.24) is 5.01 Å². The number of hydrazone groups is 1. The Morgan fingerprint density at radius 2 is 1.70 bits per heavy atom. The number of carbonyl (C=O) groups excluding carboxylic acids is 1. The van der Waals surface area contributed by atoms with Crippen LogP contribution < -0.4 is 4.74 Å². The van der Waals surface area contributed by atoms with E-state index in [0.717, 1.165) is 5.56 Å². The van der Waals surface area contributed by atoms with Crippen LogP contribution in [0.4, 0.5) is 0 Å². The van der Waals surface area contributed by atoms with E-state index in [1.165, 1.54) is 0 Å². The van der Waals surface area contributed by atoms with E-state index in [9.17, 15) is 4.79 Å². The minimum Gasteiger partial charge on any atom is -0.423 e. The lowest BCUT2D eigenvalue weighted by atomic mass is 10.2. The lowest BCUT2D eigenvalue weighted by molar-refractivity contribution is 0.0735. The predicted octanol–water partition coefficient (Wildman–Crippen LogP) is 2.80. The summed E-state index contributed by atoms with van der Waals surface area (Å²) in [6, 6.07) is 16.1. The second kappa shape index (κ2) is 6.52. The van der Waals surface area contributed by atoms with Gasteiger partial charge in [0.2, 0.25) is 0 Å². The number of benzene rings is 2.